The Kier molecular flexibility index (Phi) is 4.40. The van der Waals surface area contributed by atoms with Gasteiger partial charge in [0.25, 0.3) is 11.2 Å². The average molecular weight is 368 g/mol. The number of fused-ring (bicyclic) bond motifs is 1. The molecule has 11 heteroatoms. The van der Waals surface area contributed by atoms with Crippen LogP contribution in [0.3, 0.4) is 0 Å². The third-order valence-electron chi connectivity index (χ3n) is 4.97. The van der Waals surface area contributed by atoms with Crippen molar-refractivity contribution < 1.29 is 29.4 Å². The van der Waals surface area contributed by atoms with Crippen molar-refractivity contribution in [2.24, 2.45) is 0 Å². The fourth-order valence-corrected chi connectivity index (χ4v) is 3.43. The van der Waals surface area contributed by atoms with E-state index in [1.165, 1.54) is 4.57 Å². The summed E-state index contributed by atoms with van der Waals surface area (Å²) < 4.78 is 14.1. The highest BCUT2D eigenvalue weighted by Gasteiger charge is 2.47. The Bertz CT molecular complexity index is 862. The molecule has 2 fully saturated rings. The van der Waals surface area contributed by atoms with Gasteiger partial charge in [-0.05, 0) is 6.42 Å². The van der Waals surface area contributed by atoms with Gasteiger partial charge in [-0.2, -0.15) is 9.55 Å². The first kappa shape index (κ1) is 17.4. The first-order chi connectivity index (χ1) is 12.5. The van der Waals surface area contributed by atoms with E-state index in [9.17, 15) is 20.1 Å². The Hall–Kier alpha value is -2.05. The Balaban J connectivity index is 1.75. The quantitative estimate of drug-likeness (QED) is 0.359. The van der Waals surface area contributed by atoms with E-state index in [0.29, 0.717) is 6.54 Å². The minimum Gasteiger partial charge on any atom is -0.394 e. The first-order valence-corrected chi connectivity index (χ1v) is 8.53. The molecular weight excluding hydrogens is 346 g/mol. The Labute approximate surface area is 147 Å². The molecule has 5 atom stereocenters. The minimum absolute atomic E-state index is 0.0666. The summed E-state index contributed by atoms with van der Waals surface area (Å²) in [5, 5.41) is 29.6. The zero-order chi connectivity index (χ0) is 18.4. The van der Waals surface area contributed by atoms with Crippen LogP contribution in [-0.2, 0) is 16.0 Å². The first-order valence-electron chi connectivity index (χ1n) is 8.53. The molecule has 2 aromatic rings. The molecule has 0 bridgehead atoms. The second kappa shape index (κ2) is 6.59. The fraction of sp³-hybridized carbons (Fsp3) is 0.667. The van der Waals surface area contributed by atoms with Crippen LogP contribution in [0.25, 0.3) is 11.2 Å². The van der Waals surface area contributed by atoms with Gasteiger partial charge in [0, 0.05) is 13.0 Å². The monoisotopic (exact) mass is 368 g/mol. The molecule has 6 N–H and O–H groups in total. The number of nitrogens with zero attached hydrogens (tertiary/aromatic N) is 3. The number of imidazole rings is 1. The molecule has 0 aliphatic carbocycles. The van der Waals surface area contributed by atoms with Crippen LogP contribution in [-0.4, -0.2) is 67.5 Å². The summed E-state index contributed by atoms with van der Waals surface area (Å²) in [5.74, 6) is -0.0666. The van der Waals surface area contributed by atoms with Gasteiger partial charge in [-0.25, -0.2) is 4.57 Å². The van der Waals surface area contributed by atoms with E-state index in [0.717, 1.165) is 19.4 Å². The molecular formula is C15H22N5O6+. The molecule has 2 saturated heterocycles. The van der Waals surface area contributed by atoms with E-state index < -0.39 is 36.7 Å². The summed E-state index contributed by atoms with van der Waals surface area (Å²) in [6, 6.07) is 0. The number of ether oxygens (including phenoxy) is 2. The molecule has 2 aromatic heterocycles. The Morgan fingerprint density at radius 1 is 1.42 bits per heavy atom. The van der Waals surface area contributed by atoms with Crippen LogP contribution in [0.1, 0.15) is 19.1 Å². The number of aromatic nitrogens is 4. The Morgan fingerprint density at radius 2 is 2.19 bits per heavy atom. The number of nitrogen functional groups attached to an aromatic ring is 1. The van der Waals surface area contributed by atoms with Crippen molar-refractivity contribution in [3.63, 3.8) is 0 Å². The molecule has 0 spiro atoms. The van der Waals surface area contributed by atoms with Gasteiger partial charge in [-0.3, -0.25) is 9.78 Å². The predicted molar refractivity (Wildman–Crippen MR) is 86.9 cm³/mol. The van der Waals surface area contributed by atoms with Gasteiger partial charge < -0.3 is 30.5 Å². The van der Waals surface area contributed by atoms with Crippen molar-refractivity contribution in [2.45, 2.75) is 50.0 Å². The third-order valence-corrected chi connectivity index (χ3v) is 4.97. The lowest BCUT2D eigenvalue weighted by Gasteiger charge is -2.25. The maximum absolute atomic E-state index is 12.4. The van der Waals surface area contributed by atoms with Crippen LogP contribution in [0.15, 0.2) is 11.1 Å². The van der Waals surface area contributed by atoms with Crippen molar-refractivity contribution in [3.05, 3.63) is 16.7 Å². The number of aliphatic hydroxyl groups is 3. The number of anilines is 1. The molecule has 0 radical (unpaired) electrons. The molecule has 0 aromatic carbocycles. The van der Waals surface area contributed by atoms with E-state index in [2.05, 4.69) is 9.97 Å². The third kappa shape index (κ3) is 2.77. The summed E-state index contributed by atoms with van der Waals surface area (Å²) >= 11 is 0. The SMILES string of the molecule is Nc1nc2c(c(=O)[nH]1)[n+](CCC1CCO1)cn2[C@@H]1O[C@H](CO)[C@@H](O)[C@H]1O. The molecule has 0 saturated carbocycles. The Morgan fingerprint density at radius 3 is 2.81 bits per heavy atom. The highest BCUT2D eigenvalue weighted by molar-refractivity contribution is 5.67. The number of rotatable bonds is 5. The number of nitrogens with two attached hydrogens (primary N) is 1. The average Bonchev–Trinajstić information content (AvgIpc) is 3.05. The molecule has 4 heterocycles. The standard InChI is InChI=1S/C15H21N5O6/c16-15-17-12-9(13(24)18-15)19(3-1-7-2-4-25-7)6-20(12)14-11(23)10(22)8(5-21)26-14/h6-8,10-11,14,21-23H,1-5H2,(H2-,16,17,18,24)/p+1/t7?,8-,10-,11-,14-/m1/s1. The van der Waals surface area contributed by atoms with Gasteiger partial charge in [0.2, 0.25) is 18.5 Å². The van der Waals surface area contributed by atoms with Gasteiger partial charge in [0.1, 0.15) is 18.3 Å². The topological polar surface area (TPSA) is 160 Å². The van der Waals surface area contributed by atoms with E-state index in [4.69, 9.17) is 15.2 Å². The molecule has 2 aliphatic heterocycles. The number of H-pyrrole nitrogens is 1. The summed E-state index contributed by atoms with van der Waals surface area (Å²) in [4.78, 5) is 19.0. The van der Waals surface area contributed by atoms with Crippen LogP contribution in [0, 0.1) is 0 Å². The highest BCUT2D eigenvalue weighted by atomic mass is 16.6. The van der Waals surface area contributed by atoms with Crippen molar-refractivity contribution >= 4 is 17.1 Å². The summed E-state index contributed by atoms with van der Waals surface area (Å²) in [6.45, 7) is 0.819. The number of hydrogen-bond acceptors (Lipinski definition) is 8. The fourth-order valence-electron chi connectivity index (χ4n) is 3.43. The molecule has 26 heavy (non-hydrogen) atoms. The number of aliphatic hydroxyl groups excluding tert-OH is 3. The second-order valence-electron chi connectivity index (χ2n) is 6.64. The lowest BCUT2D eigenvalue weighted by molar-refractivity contribution is -0.674. The van der Waals surface area contributed by atoms with Gasteiger partial charge in [-0.15, -0.1) is 0 Å². The summed E-state index contributed by atoms with van der Waals surface area (Å²) in [6.07, 6.45) is -0.990. The smallest absolute Gasteiger partial charge is 0.304 e. The van der Waals surface area contributed by atoms with E-state index in [1.807, 2.05) is 0 Å². The van der Waals surface area contributed by atoms with Gasteiger partial charge in [0.05, 0.1) is 19.3 Å². The number of nitrogens with one attached hydrogen (secondary N) is 1. The maximum atomic E-state index is 12.4. The van der Waals surface area contributed by atoms with E-state index in [1.54, 1.807) is 10.9 Å². The van der Waals surface area contributed by atoms with Crippen LogP contribution in [0.5, 0.6) is 0 Å². The zero-order valence-electron chi connectivity index (χ0n) is 14.0. The summed E-state index contributed by atoms with van der Waals surface area (Å²) in [7, 11) is 0. The van der Waals surface area contributed by atoms with Crippen LogP contribution < -0.4 is 15.9 Å². The highest BCUT2D eigenvalue weighted by Crippen LogP contribution is 2.30. The maximum Gasteiger partial charge on any atom is 0.304 e. The largest absolute Gasteiger partial charge is 0.394 e. The van der Waals surface area contributed by atoms with Crippen molar-refractivity contribution in [3.8, 4) is 0 Å². The van der Waals surface area contributed by atoms with Gasteiger partial charge in [0.15, 0.2) is 0 Å². The van der Waals surface area contributed by atoms with Crippen LogP contribution in [0.2, 0.25) is 0 Å². The lowest BCUT2D eigenvalue weighted by Crippen LogP contribution is -2.40. The minimum atomic E-state index is -1.28. The van der Waals surface area contributed by atoms with Crippen molar-refractivity contribution in [1.29, 1.82) is 0 Å². The zero-order valence-corrected chi connectivity index (χ0v) is 14.0. The van der Waals surface area contributed by atoms with Crippen LogP contribution in [0.4, 0.5) is 5.95 Å². The molecule has 4 rings (SSSR count). The normalized spacial score (nSPS) is 31.4. The summed E-state index contributed by atoms with van der Waals surface area (Å²) in [5.41, 5.74) is 5.78. The van der Waals surface area contributed by atoms with Crippen LogP contribution >= 0.6 is 0 Å². The molecule has 0 amide bonds. The van der Waals surface area contributed by atoms with Gasteiger partial charge >= 0.3 is 5.56 Å². The number of hydrogen-bond donors (Lipinski definition) is 5. The van der Waals surface area contributed by atoms with E-state index >= 15 is 0 Å². The van der Waals surface area contributed by atoms with Crippen molar-refractivity contribution in [1.82, 2.24) is 14.5 Å². The number of aromatic amines is 1. The van der Waals surface area contributed by atoms with Crippen molar-refractivity contribution in [2.75, 3.05) is 18.9 Å². The molecule has 142 valence electrons. The predicted octanol–water partition coefficient (Wildman–Crippen LogP) is -2.62. The molecule has 1 unspecified atom stereocenters. The second-order valence-corrected chi connectivity index (χ2v) is 6.64. The molecule has 11 nitrogen and oxygen atoms in total. The molecule has 2 aliphatic rings. The van der Waals surface area contributed by atoms with Gasteiger partial charge in [-0.1, -0.05) is 0 Å². The number of aryl methyl sites for hydroxylation is 1. The van der Waals surface area contributed by atoms with E-state index in [-0.39, 0.29) is 23.2 Å². The lowest BCUT2D eigenvalue weighted by atomic mass is 10.1.